The minimum atomic E-state index is -0.234. The van der Waals surface area contributed by atoms with Crippen molar-refractivity contribution in [1.29, 1.82) is 0 Å². The molecule has 0 atom stereocenters. The molecule has 0 heterocycles. The number of carbonyl (C=O) groups is 2. The van der Waals surface area contributed by atoms with Gasteiger partial charge in [0.25, 0.3) is 5.91 Å². The fraction of sp³-hybridized carbons (Fsp3) is 0.357. The van der Waals surface area contributed by atoms with Gasteiger partial charge in [-0.05, 0) is 19.9 Å². The third-order valence-corrected chi connectivity index (χ3v) is 2.36. The van der Waals surface area contributed by atoms with E-state index in [1.54, 1.807) is 18.2 Å². The Morgan fingerprint density at radius 2 is 1.89 bits per heavy atom. The molecular formula is C14H19N3O2. The number of rotatable bonds is 5. The smallest absolute Gasteiger partial charge is 0.270 e. The molecule has 19 heavy (non-hydrogen) atoms. The van der Waals surface area contributed by atoms with Crippen LogP contribution in [0, 0.1) is 0 Å². The monoisotopic (exact) mass is 261 g/mol. The number of aliphatic imine (C=N–C) groups is 1. The van der Waals surface area contributed by atoms with E-state index in [9.17, 15) is 9.59 Å². The molecule has 0 spiro atoms. The van der Waals surface area contributed by atoms with Gasteiger partial charge < -0.3 is 10.6 Å². The van der Waals surface area contributed by atoms with Crippen molar-refractivity contribution in [2.24, 2.45) is 4.99 Å². The van der Waals surface area contributed by atoms with Crippen molar-refractivity contribution in [3.05, 3.63) is 29.8 Å². The Kier molecular flexibility index (Phi) is 5.73. The van der Waals surface area contributed by atoms with E-state index in [4.69, 9.17) is 0 Å². The first kappa shape index (κ1) is 14.9. The second-order valence-electron chi connectivity index (χ2n) is 3.91. The molecule has 0 bridgehead atoms. The van der Waals surface area contributed by atoms with Gasteiger partial charge in [-0.1, -0.05) is 18.2 Å². The highest BCUT2D eigenvalue weighted by atomic mass is 16.2. The number of hydrogen-bond acceptors (Lipinski definition) is 3. The highest BCUT2D eigenvalue weighted by Crippen LogP contribution is 2.16. The molecule has 0 aromatic heterocycles. The average molecular weight is 261 g/mol. The van der Waals surface area contributed by atoms with Gasteiger partial charge in [0.1, 0.15) is 5.71 Å². The summed E-state index contributed by atoms with van der Waals surface area (Å²) in [5.41, 5.74) is 1.56. The van der Waals surface area contributed by atoms with E-state index < -0.39 is 0 Å². The molecular weight excluding hydrogens is 242 g/mol. The van der Waals surface area contributed by atoms with Crippen LogP contribution in [-0.4, -0.2) is 30.6 Å². The quantitative estimate of drug-likeness (QED) is 0.790. The summed E-state index contributed by atoms with van der Waals surface area (Å²) >= 11 is 0. The van der Waals surface area contributed by atoms with Crippen LogP contribution in [0.1, 0.15) is 26.3 Å². The molecule has 0 unspecified atom stereocenters. The first-order valence-corrected chi connectivity index (χ1v) is 6.29. The number of hydrogen-bond donors (Lipinski definition) is 2. The van der Waals surface area contributed by atoms with E-state index in [1.807, 2.05) is 19.9 Å². The van der Waals surface area contributed by atoms with Gasteiger partial charge in [0.2, 0.25) is 5.91 Å². The number of carbonyl (C=O) groups excluding carboxylic acids is 2. The van der Waals surface area contributed by atoms with Crippen LogP contribution in [-0.2, 0) is 9.59 Å². The second kappa shape index (κ2) is 7.31. The molecule has 0 aliphatic rings. The van der Waals surface area contributed by atoms with Crippen LogP contribution in [0.25, 0.3) is 0 Å². The van der Waals surface area contributed by atoms with E-state index in [1.165, 1.54) is 6.92 Å². The first-order valence-electron chi connectivity index (χ1n) is 6.29. The molecule has 0 aliphatic carbocycles. The Hall–Kier alpha value is -2.17. The maximum atomic E-state index is 12.0. The molecule has 1 aromatic rings. The van der Waals surface area contributed by atoms with Crippen molar-refractivity contribution in [3.8, 4) is 0 Å². The van der Waals surface area contributed by atoms with Gasteiger partial charge in [-0.25, -0.2) is 0 Å². The molecule has 0 radical (unpaired) electrons. The fourth-order valence-electron chi connectivity index (χ4n) is 1.67. The van der Waals surface area contributed by atoms with Crippen LogP contribution in [0.2, 0.25) is 0 Å². The lowest BCUT2D eigenvalue weighted by Gasteiger charge is -2.12. The molecule has 0 saturated heterocycles. The van der Waals surface area contributed by atoms with E-state index in [2.05, 4.69) is 15.6 Å². The number of amides is 2. The molecule has 0 saturated carbocycles. The van der Waals surface area contributed by atoms with Gasteiger partial charge in [0.05, 0.1) is 5.69 Å². The molecule has 0 aliphatic heterocycles. The normalized spacial score (nSPS) is 11.0. The Bertz CT molecular complexity index is 495. The average Bonchev–Trinajstić information content (AvgIpc) is 2.36. The predicted molar refractivity (Wildman–Crippen MR) is 76.5 cm³/mol. The lowest BCUT2D eigenvalue weighted by molar-refractivity contribution is -0.115. The number of benzene rings is 1. The van der Waals surface area contributed by atoms with Crippen LogP contribution >= 0.6 is 0 Å². The Morgan fingerprint density at radius 3 is 2.47 bits per heavy atom. The number of nitrogens with zero attached hydrogens (tertiary/aromatic N) is 1. The Labute approximate surface area is 113 Å². The van der Waals surface area contributed by atoms with Crippen LogP contribution in [0.4, 0.5) is 5.69 Å². The predicted octanol–water partition coefficient (Wildman–Crippen LogP) is 1.59. The summed E-state index contributed by atoms with van der Waals surface area (Å²) in [6.07, 6.45) is 0. The summed E-state index contributed by atoms with van der Waals surface area (Å²) in [6.45, 7) is 6.17. The third kappa shape index (κ3) is 4.21. The molecule has 5 nitrogen and oxygen atoms in total. The molecule has 102 valence electrons. The summed E-state index contributed by atoms with van der Waals surface area (Å²) in [6, 6.07) is 7.14. The molecule has 2 N–H and O–H groups in total. The van der Waals surface area contributed by atoms with Gasteiger partial charge in [0, 0.05) is 25.6 Å². The van der Waals surface area contributed by atoms with Gasteiger partial charge in [-0.3, -0.25) is 14.6 Å². The minimum absolute atomic E-state index is 0.181. The van der Waals surface area contributed by atoms with Gasteiger partial charge in [-0.15, -0.1) is 0 Å². The first-order chi connectivity index (χ1) is 9.10. The van der Waals surface area contributed by atoms with Crippen LogP contribution < -0.4 is 10.6 Å². The summed E-state index contributed by atoms with van der Waals surface area (Å²) in [4.78, 5) is 27.4. The minimum Gasteiger partial charge on any atom is -0.351 e. The summed E-state index contributed by atoms with van der Waals surface area (Å²) in [5, 5.41) is 5.44. The van der Waals surface area contributed by atoms with E-state index in [0.717, 1.165) is 0 Å². The largest absolute Gasteiger partial charge is 0.351 e. The Morgan fingerprint density at radius 1 is 1.21 bits per heavy atom. The zero-order valence-corrected chi connectivity index (χ0v) is 11.5. The van der Waals surface area contributed by atoms with Gasteiger partial charge in [-0.2, -0.15) is 0 Å². The topological polar surface area (TPSA) is 70.6 Å². The van der Waals surface area contributed by atoms with E-state index >= 15 is 0 Å². The van der Waals surface area contributed by atoms with Crippen molar-refractivity contribution in [1.82, 2.24) is 5.32 Å². The highest BCUT2D eigenvalue weighted by Gasteiger charge is 2.16. The fourth-order valence-corrected chi connectivity index (χ4v) is 1.67. The maximum absolute atomic E-state index is 12.0. The standard InChI is InChI=1S/C14H19N3O2/c1-4-15-13(14(19)16-5-2)11-8-6-7-9-12(11)17-10(3)18/h6-9H,4-5H2,1-3H3,(H,16,19)(H,17,18). The molecule has 1 aromatic carbocycles. The van der Waals surface area contributed by atoms with Crippen molar-refractivity contribution in [2.75, 3.05) is 18.4 Å². The SMILES string of the molecule is CCN=C(C(=O)NCC)c1ccccc1NC(C)=O. The Balaban J connectivity index is 3.19. The van der Waals surface area contributed by atoms with Crippen LogP contribution in [0.5, 0.6) is 0 Å². The highest BCUT2D eigenvalue weighted by molar-refractivity contribution is 6.46. The van der Waals surface area contributed by atoms with Crippen molar-refractivity contribution < 1.29 is 9.59 Å². The third-order valence-electron chi connectivity index (χ3n) is 2.36. The zero-order chi connectivity index (χ0) is 14.3. The van der Waals surface area contributed by atoms with E-state index in [0.29, 0.717) is 30.1 Å². The van der Waals surface area contributed by atoms with Crippen LogP contribution in [0.3, 0.4) is 0 Å². The molecule has 2 amide bonds. The lowest BCUT2D eigenvalue weighted by Crippen LogP contribution is -2.32. The van der Waals surface area contributed by atoms with Gasteiger partial charge >= 0.3 is 0 Å². The molecule has 5 heteroatoms. The van der Waals surface area contributed by atoms with Crippen molar-refractivity contribution >= 4 is 23.2 Å². The van der Waals surface area contributed by atoms with Crippen LogP contribution in [0.15, 0.2) is 29.3 Å². The maximum Gasteiger partial charge on any atom is 0.270 e. The number of likely N-dealkylation sites (N-methyl/N-ethyl adjacent to an activating group) is 1. The summed E-state index contributed by atoms with van der Waals surface area (Å²) in [5.74, 6) is -0.415. The number of para-hydroxylation sites is 1. The van der Waals surface area contributed by atoms with Gasteiger partial charge in [0.15, 0.2) is 0 Å². The van der Waals surface area contributed by atoms with Crippen molar-refractivity contribution in [2.45, 2.75) is 20.8 Å². The number of anilines is 1. The summed E-state index contributed by atoms with van der Waals surface area (Å²) < 4.78 is 0. The molecule has 1 rings (SSSR count). The van der Waals surface area contributed by atoms with E-state index in [-0.39, 0.29) is 11.8 Å². The lowest BCUT2D eigenvalue weighted by atomic mass is 10.1. The number of nitrogens with one attached hydrogen (secondary N) is 2. The zero-order valence-electron chi connectivity index (χ0n) is 11.5. The van der Waals surface area contributed by atoms with Crippen molar-refractivity contribution in [3.63, 3.8) is 0 Å². The second-order valence-corrected chi connectivity index (χ2v) is 3.91. The molecule has 0 fully saturated rings. The summed E-state index contributed by atoms with van der Waals surface area (Å²) in [7, 11) is 0.